The number of amides is 2. The van der Waals surface area contributed by atoms with Crippen molar-refractivity contribution in [1.29, 1.82) is 0 Å². The number of fused-ring (bicyclic) bond motifs is 1. The Hall–Kier alpha value is -3.64. The van der Waals surface area contributed by atoms with E-state index in [0.717, 1.165) is 17.5 Å². The zero-order valence-corrected chi connectivity index (χ0v) is 22.8. The lowest BCUT2D eigenvalue weighted by atomic mass is 9.71. The van der Waals surface area contributed by atoms with Crippen molar-refractivity contribution in [3.8, 4) is 0 Å². The SMILES string of the molecule is CN1CC[C@@H](N2CC(Nc3ncc4c(c3F)[C@@](C)(c3cccc(Cl)c3F)CN(c3nn(C)cc3F)C4=O)C2)C1=O. The topological polar surface area (TPSA) is 86.6 Å². The van der Waals surface area contributed by atoms with Crippen molar-refractivity contribution in [1.82, 2.24) is 24.6 Å². The molecule has 0 aliphatic carbocycles. The quantitative estimate of drug-likeness (QED) is 0.505. The monoisotopic (exact) mass is 573 g/mol. The van der Waals surface area contributed by atoms with Crippen LogP contribution < -0.4 is 10.2 Å². The van der Waals surface area contributed by atoms with Gasteiger partial charge in [0.05, 0.1) is 28.9 Å². The number of anilines is 2. The molecule has 40 heavy (non-hydrogen) atoms. The molecule has 3 aromatic rings. The van der Waals surface area contributed by atoms with Crippen LogP contribution >= 0.6 is 11.6 Å². The van der Waals surface area contributed by atoms with E-state index in [4.69, 9.17) is 11.6 Å². The first-order chi connectivity index (χ1) is 19.0. The fourth-order valence-electron chi connectivity index (χ4n) is 6.05. The highest BCUT2D eigenvalue weighted by molar-refractivity contribution is 6.30. The Bertz CT molecular complexity index is 1540. The summed E-state index contributed by atoms with van der Waals surface area (Å²) in [6.45, 7) is 3.04. The lowest BCUT2D eigenvalue weighted by molar-refractivity contribution is -0.132. The third kappa shape index (κ3) is 4.03. The molecule has 0 saturated carbocycles. The molecule has 3 aliphatic heterocycles. The summed E-state index contributed by atoms with van der Waals surface area (Å²) in [6, 6.07) is 4.02. The number of rotatable bonds is 5. The minimum absolute atomic E-state index is 0.0461. The fourth-order valence-corrected chi connectivity index (χ4v) is 6.22. The van der Waals surface area contributed by atoms with Crippen molar-refractivity contribution < 1.29 is 22.8 Å². The van der Waals surface area contributed by atoms with Crippen LogP contribution in [0.2, 0.25) is 5.02 Å². The Morgan fingerprint density at radius 1 is 1.12 bits per heavy atom. The number of likely N-dealkylation sites (N-methyl/N-ethyl adjacent to an activating group) is 1. The molecule has 2 fully saturated rings. The summed E-state index contributed by atoms with van der Waals surface area (Å²) in [4.78, 5) is 34.9. The molecule has 2 amide bonds. The molecular formula is C27H27ClF3N7O2. The van der Waals surface area contributed by atoms with Crippen LogP contribution in [0.5, 0.6) is 0 Å². The summed E-state index contributed by atoms with van der Waals surface area (Å²) < 4.78 is 47.8. The maximum atomic E-state index is 16.4. The smallest absolute Gasteiger partial charge is 0.261 e. The van der Waals surface area contributed by atoms with E-state index in [2.05, 4.69) is 15.4 Å². The molecule has 0 spiro atoms. The van der Waals surface area contributed by atoms with Crippen LogP contribution in [-0.4, -0.2) is 81.7 Å². The molecule has 210 valence electrons. The van der Waals surface area contributed by atoms with Gasteiger partial charge >= 0.3 is 0 Å². The zero-order valence-electron chi connectivity index (χ0n) is 22.1. The Morgan fingerprint density at radius 3 is 2.52 bits per heavy atom. The van der Waals surface area contributed by atoms with Crippen molar-refractivity contribution >= 4 is 35.1 Å². The molecule has 1 aromatic carbocycles. The number of carbonyl (C=O) groups is 2. The molecule has 1 N–H and O–H groups in total. The minimum atomic E-state index is -1.47. The molecule has 5 heterocycles. The van der Waals surface area contributed by atoms with Crippen LogP contribution in [0.3, 0.4) is 0 Å². The van der Waals surface area contributed by atoms with E-state index >= 15 is 8.78 Å². The van der Waals surface area contributed by atoms with Gasteiger partial charge in [-0.15, -0.1) is 0 Å². The van der Waals surface area contributed by atoms with Crippen LogP contribution in [0.25, 0.3) is 0 Å². The van der Waals surface area contributed by atoms with Gasteiger partial charge < -0.3 is 10.2 Å². The normalized spacial score (nSPS) is 23.5. The zero-order chi connectivity index (χ0) is 28.5. The van der Waals surface area contributed by atoms with E-state index in [-0.39, 0.29) is 57.9 Å². The van der Waals surface area contributed by atoms with E-state index in [1.807, 2.05) is 4.90 Å². The number of carbonyl (C=O) groups excluding carboxylic acids is 2. The number of nitrogens with zero attached hydrogens (tertiary/aromatic N) is 6. The first kappa shape index (κ1) is 26.6. The molecule has 0 bridgehead atoms. The first-order valence-electron chi connectivity index (χ1n) is 12.9. The second kappa shape index (κ2) is 9.48. The molecule has 2 atom stereocenters. The predicted octanol–water partition coefficient (Wildman–Crippen LogP) is 3.18. The summed E-state index contributed by atoms with van der Waals surface area (Å²) in [6.07, 6.45) is 3.08. The Balaban J connectivity index is 1.38. The van der Waals surface area contributed by atoms with Crippen LogP contribution in [0.15, 0.2) is 30.6 Å². The lowest BCUT2D eigenvalue weighted by Gasteiger charge is -2.43. The number of aryl methyl sites for hydroxylation is 1. The van der Waals surface area contributed by atoms with E-state index in [1.165, 1.54) is 36.1 Å². The number of benzene rings is 1. The van der Waals surface area contributed by atoms with Crippen LogP contribution in [0.1, 0.15) is 34.8 Å². The summed E-state index contributed by atoms with van der Waals surface area (Å²) in [5.74, 6) is -3.29. The van der Waals surface area contributed by atoms with Gasteiger partial charge in [0, 0.05) is 63.0 Å². The van der Waals surface area contributed by atoms with Gasteiger partial charge in [0.2, 0.25) is 5.91 Å². The number of halogens is 4. The van der Waals surface area contributed by atoms with Gasteiger partial charge in [0.1, 0.15) is 5.82 Å². The van der Waals surface area contributed by atoms with Gasteiger partial charge in [-0.25, -0.2) is 18.2 Å². The molecule has 13 heteroatoms. The van der Waals surface area contributed by atoms with Gasteiger partial charge in [-0.1, -0.05) is 23.7 Å². The maximum absolute atomic E-state index is 16.4. The van der Waals surface area contributed by atoms with Crippen molar-refractivity contribution in [3.05, 3.63) is 69.8 Å². The number of hydrogen-bond donors (Lipinski definition) is 1. The van der Waals surface area contributed by atoms with E-state index in [0.29, 0.717) is 19.6 Å². The first-order valence-corrected chi connectivity index (χ1v) is 13.3. The minimum Gasteiger partial charge on any atom is -0.362 e. The third-order valence-corrected chi connectivity index (χ3v) is 8.47. The van der Waals surface area contributed by atoms with Crippen molar-refractivity contribution in [3.63, 3.8) is 0 Å². The Kier molecular flexibility index (Phi) is 6.30. The highest BCUT2D eigenvalue weighted by Crippen LogP contribution is 2.45. The van der Waals surface area contributed by atoms with E-state index in [1.54, 1.807) is 18.9 Å². The second-order valence-corrected chi connectivity index (χ2v) is 11.3. The number of aromatic nitrogens is 3. The van der Waals surface area contributed by atoms with Gasteiger partial charge in [0.25, 0.3) is 5.91 Å². The molecule has 3 aliphatic rings. The molecular weight excluding hydrogens is 547 g/mol. The van der Waals surface area contributed by atoms with Crippen molar-refractivity contribution in [2.45, 2.75) is 30.8 Å². The van der Waals surface area contributed by atoms with E-state index in [9.17, 15) is 14.0 Å². The van der Waals surface area contributed by atoms with Gasteiger partial charge in [-0.2, -0.15) is 5.10 Å². The molecule has 0 unspecified atom stereocenters. The highest BCUT2D eigenvalue weighted by Gasteiger charge is 2.48. The number of likely N-dealkylation sites (tertiary alicyclic amines) is 2. The molecule has 2 aromatic heterocycles. The van der Waals surface area contributed by atoms with Crippen LogP contribution in [-0.2, 0) is 17.3 Å². The predicted molar refractivity (Wildman–Crippen MR) is 142 cm³/mol. The fraction of sp³-hybridized carbons (Fsp3) is 0.407. The van der Waals surface area contributed by atoms with Crippen molar-refractivity contribution in [2.24, 2.45) is 7.05 Å². The number of nitrogens with one attached hydrogen (secondary N) is 1. The molecule has 0 radical (unpaired) electrons. The van der Waals surface area contributed by atoms with Crippen LogP contribution in [0, 0.1) is 17.5 Å². The number of pyridine rings is 1. The Morgan fingerprint density at radius 2 is 1.88 bits per heavy atom. The summed E-state index contributed by atoms with van der Waals surface area (Å²) >= 11 is 6.10. The standard InChI is InChI=1S/C27H27ClF3N7O2/c1-27(16-5-4-6-17(28)21(16)30)13-38(24-18(29)12-36(3)34-24)25(39)15-9-32-23(22(31)20(15)27)33-14-10-37(11-14)19-7-8-35(2)26(19)40/h4-6,9,12,14,19H,7-8,10-11,13H2,1-3H3,(H,32,33)/t19-,27-/m1/s1. The third-order valence-electron chi connectivity index (χ3n) is 8.18. The number of hydrogen-bond acceptors (Lipinski definition) is 6. The summed E-state index contributed by atoms with van der Waals surface area (Å²) in [7, 11) is 3.28. The largest absolute Gasteiger partial charge is 0.362 e. The molecule has 9 nitrogen and oxygen atoms in total. The summed E-state index contributed by atoms with van der Waals surface area (Å²) in [5, 5.41) is 7.00. The lowest BCUT2D eigenvalue weighted by Crippen LogP contribution is -2.60. The highest BCUT2D eigenvalue weighted by atomic mass is 35.5. The Labute approximate surface area is 233 Å². The average molecular weight is 574 g/mol. The summed E-state index contributed by atoms with van der Waals surface area (Å²) in [5.41, 5.74) is -1.62. The maximum Gasteiger partial charge on any atom is 0.261 e. The van der Waals surface area contributed by atoms with Crippen LogP contribution in [0.4, 0.5) is 24.8 Å². The van der Waals surface area contributed by atoms with Gasteiger partial charge in [0.15, 0.2) is 23.3 Å². The van der Waals surface area contributed by atoms with Crippen molar-refractivity contribution in [2.75, 3.05) is 43.4 Å². The van der Waals surface area contributed by atoms with Gasteiger partial charge in [-0.3, -0.25) is 24.1 Å². The molecule has 6 rings (SSSR count). The second-order valence-electron chi connectivity index (χ2n) is 10.9. The molecule has 2 saturated heterocycles. The average Bonchev–Trinajstić information content (AvgIpc) is 3.40. The van der Waals surface area contributed by atoms with E-state index < -0.39 is 28.8 Å². The van der Waals surface area contributed by atoms with Gasteiger partial charge in [-0.05, 0) is 19.4 Å².